The lowest BCUT2D eigenvalue weighted by molar-refractivity contribution is -0.136. The number of rotatable bonds is 10. The number of aromatic nitrogens is 4. The Kier molecular flexibility index (Phi) is 12.8. The standard InChI is InChI=1S/C53H61N11O6/c54-48-46-47(36-6-9-41(10-7-36)70-40-4-2-1-3-5-40)58-64(49(46)56-33-55-48)39-21-28-60(29-22-39)38-19-30-62(31-20-38)53(69)61-26-15-34(16-27-61)14-23-59-24-17-35(18-25-59)37-8-11-42-43(32-37)52(68)63(51(42)67)44-12-13-45(65)57-50(44)66/h1-11,32-35,38-39,44H,12-31H2,(H2,54,55,56)(H,57,65,66). The van der Waals surface area contributed by atoms with Crippen LogP contribution in [0.5, 0.6) is 11.5 Å². The van der Waals surface area contributed by atoms with E-state index in [1.165, 1.54) is 6.33 Å². The number of nitrogens with one attached hydrogen (secondary N) is 1. The topological polar surface area (TPSA) is 192 Å². The van der Waals surface area contributed by atoms with Gasteiger partial charge >= 0.3 is 6.03 Å². The van der Waals surface area contributed by atoms with Gasteiger partial charge in [0.1, 0.15) is 35.4 Å². The molecular formula is C53H61N11O6. The summed E-state index contributed by atoms with van der Waals surface area (Å²) in [7, 11) is 0. The van der Waals surface area contributed by atoms with E-state index >= 15 is 0 Å². The first kappa shape index (κ1) is 45.7. The Labute approximate surface area is 407 Å². The second-order valence-corrected chi connectivity index (χ2v) is 20.0. The van der Waals surface area contributed by atoms with E-state index in [0.717, 1.165) is 161 Å². The van der Waals surface area contributed by atoms with Crippen molar-refractivity contribution < 1.29 is 28.7 Å². The van der Waals surface area contributed by atoms with Crippen molar-refractivity contribution in [2.24, 2.45) is 5.92 Å². The van der Waals surface area contributed by atoms with E-state index in [1.54, 1.807) is 6.07 Å². The largest absolute Gasteiger partial charge is 0.457 e. The smallest absolute Gasteiger partial charge is 0.319 e. The monoisotopic (exact) mass is 947 g/mol. The highest BCUT2D eigenvalue weighted by molar-refractivity contribution is 6.23. The van der Waals surface area contributed by atoms with Crippen molar-refractivity contribution in [3.05, 3.63) is 95.8 Å². The minimum absolute atomic E-state index is 0.101. The van der Waals surface area contributed by atoms with Crippen LogP contribution in [0, 0.1) is 5.92 Å². The number of benzene rings is 3. The molecule has 17 heteroatoms. The van der Waals surface area contributed by atoms with Crippen LogP contribution in [0.25, 0.3) is 22.3 Å². The van der Waals surface area contributed by atoms with Crippen molar-refractivity contribution in [1.29, 1.82) is 0 Å². The number of para-hydroxylation sites is 1. The Hall–Kier alpha value is -6.72. The number of carbonyl (C=O) groups is 5. The Balaban J connectivity index is 0.606. The average Bonchev–Trinajstić information content (AvgIpc) is 3.91. The molecule has 0 spiro atoms. The number of urea groups is 1. The first-order valence-corrected chi connectivity index (χ1v) is 25.3. The summed E-state index contributed by atoms with van der Waals surface area (Å²) in [6, 6.07) is 23.1. The van der Waals surface area contributed by atoms with E-state index in [0.29, 0.717) is 28.9 Å². The van der Waals surface area contributed by atoms with Gasteiger partial charge in [0.25, 0.3) is 11.8 Å². The van der Waals surface area contributed by atoms with Gasteiger partial charge in [-0.2, -0.15) is 5.10 Å². The van der Waals surface area contributed by atoms with Gasteiger partial charge in [-0.25, -0.2) is 19.4 Å². The number of amides is 6. The molecule has 0 radical (unpaired) electrons. The SMILES string of the molecule is Nc1ncnc2c1c(-c1ccc(Oc3ccccc3)cc1)nn2C1CCN(C2CCN(C(=O)N3CCC(CCN4CCC(c5ccc6c(c5)C(=O)N(C5CCC(=O)NC5=O)C6=O)CC4)CC3)CC2)CC1. The first-order chi connectivity index (χ1) is 34.1. The summed E-state index contributed by atoms with van der Waals surface area (Å²) in [5.41, 5.74) is 10.7. The minimum atomic E-state index is -0.959. The normalized spacial score (nSPS) is 21.7. The van der Waals surface area contributed by atoms with E-state index in [9.17, 15) is 24.0 Å². The Morgan fingerprint density at radius 2 is 1.37 bits per heavy atom. The maximum absolute atomic E-state index is 13.8. The zero-order valence-electron chi connectivity index (χ0n) is 39.6. The number of nitrogens with zero attached hydrogens (tertiary/aromatic N) is 9. The maximum Gasteiger partial charge on any atom is 0.319 e. The number of nitrogens with two attached hydrogens (primary N) is 1. The molecule has 6 amide bonds. The van der Waals surface area contributed by atoms with Crippen molar-refractivity contribution in [3.63, 3.8) is 0 Å². The predicted molar refractivity (Wildman–Crippen MR) is 262 cm³/mol. The van der Waals surface area contributed by atoms with Crippen molar-refractivity contribution >= 4 is 46.5 Å². The number of fused-ring (bicyclic) bond motifs is 2. The zero-order valence-corrected chi connectivity index (χ0v) is 39.6. The van der Waals surface area contributed by atoms with Crippen LogP contribution < -0.4 is 15.8 Å². The highest BCUT2D eigenvalue weighted by Gasteiger charge is 2.45. The molecule has 0 aliphatic carbocycles. The van der Waals surface area contributed by atoms with Gasteiger partial charge in [-0.3, -0.25) is 29.4 Å². The van der Waals surface area contributed by atoms with E-state index < -0.39 is 23.8 Å². The maximum atomic E-state index is 13.8. The fourth-order valence-electron chi connectivity index (χ4n) is 11.9. The fourth-order valence-corrected chi connectivity index (χ4v) is 11.9. The van der Waals surface area contributed by atoms with Gasteiger partial charge in [0.15, 0.2) is 5.65 Å². The molecule has 6 aliphatic heterocycles. The van der Waals surface area contributed by atoms with Gasteiger partial charge in [0.2, 0.25) is 11.8 Å². The molecule has 5 fully saturated rings. The van der Waals surface area contributed by atoms with Crippen molar-refractivity contribution in [3.8, 4) is 22.8 Å². The van der Waals surface area contributed by atoms with Crippen molar-refractivity contribution in [2.75, 3.05) is 64.6 Å². The van der Waals surface area contributed by atoms with E-state index in [-0.39, 0.29) is 36.7 Å². The second kappa shape index (κ2) is 19.6. The summed E-state index contributed by atoms with van der Waals surface area (Å²) >= 11 is 0. The Morgan fingerprint density at radius 1 is 0.700 bits per heavy atom. The third-order valence-electron chi connectivity index (χ3n) is 16.0. The average molecular weight is 948 g/mol. The zero-order chi connectivity index (χ0) is 47.9. The molecule has 2 aromatic heterocycles. The molecule has 0 saturated carbocycles. The number of nitrogen functional groups attached to an aromatic ring is 1. The summed E-state index contributed by atoms with van der Waals surface area (Å²) in [5.74, 6) is 0.934. The molecular weight excluding hydrogens is 887 g/mol. The van der Waals surface area contributed by atoms with Crippen LogP contribution in [0.4, 0.5) is 10.6 Å². The number of likely N-dealkylation sites (tertiary alicyclic amines) is 4. The number of imide groups is 2. The third-order valence-corrected chi connectivity index (χ3v) is 16.0. The lowest BCUT2D eigenvalue weighted by atomic mass is 9.87. The van der Waals surface area contributed by atoms with Gasteiger partial charge in [-0.15, -0.1) is 0 Å². The number of carbonyl (C=O) groups excluding carboxylic acids is 5. The molecule has 8 heterocycles. The molecule has 11 rings (SSSR count). The van der Waals surface area contributed by atoms with E-state index in [4.69, 9.17) is 15.6 Å². The van der Waals surface area contributed by atoms with Crippen molar-refractivity contribution in [2.45, 2.75) is 94.7 Å². The summed E-state index contributed by atoms with van der Waals surface area (Å²) in [6.07, 6.45) is 10.8. The van der Waals surface area contributed by atoms with Gasteiger partial charge in [0, 0.05) is 57.3 Å². The Morgan fingerprint density at radius 3 is 2.09 bits per heavy atom. The lowest BCUT2D eigenvalue weighted by Crippen LogP contribution is -2.54. The van der Waals surface area contributed by atoms with Gasteiger partial charge < -0.3 is 30.1 Å². The van der Waals surface area contributed by atoms with Crippen LogP contribution in [0.1, 0.15) is 109 Å². The summed E-state index contributed by atoms with van der Waals surface area (Å²) in [6.45, 7) is 8.12. The fraction of sp³-hybridized carbons (Fsp3) is 0.472. The quantitative estimate of drug-likeness (QED) is 0.145. The van der Waals surface area contributed by atoms with Gasteiger partial charge in [0.05, 0.1) is 22.6 Å². The first-order valence-electron chi connectivity index (χ1n) is 25.3. The molecule has 5 saturated heterocycles. The van der Waals surface area contributed by atoms with Crippen LogP contribution >= 0.6 is 0 Å². The van der Waals surface area contributed by atoms with Crippen molar-refractivity contribution in [1.82, 2.24) is 49.6 Å². The van der Waals surface area contributed by atoms with Crippen LogP contribution in [0.2, 0.25) is 0 Å². The summed E-state index contributed by atoms with van der Waals surface area (Å²) < 4.78 is 8.09. The molecule has 3 N–H and O–H groups in total. The molecule has 6 aliphatic rings. The molecule has 17 nitrogen and oxygen atoms in total. The van der Waals surface area contributed by atoms with Crippen LogP contribution in [-0.2, 0) is 9.59 Å². The summed E-state index contributed by atoms with van der Waals surface area (Å²) in [5, 5.41) is 8.17. The number of piperidine rings is 5. The molecule has 5 aromatic rings. The molecule has 3 aromatic carbocycles. The number of ether oxygens (including phenoxy) is 1. The molecule has 1 atom stereocenters. The van der Waals surface area contributed by atoms with Gasteiger partial charge in [-0.05, 0) is 150 Å². The highest BCUT2D eigenvalue weighted by atomic mass is 16.5. The number of anilines is 1. The lowest BCUT2D eigenvalue weighted by Gasteiger charge is -2.43. The Bertz CT molecular complexity index is 2770. The second-order valence-electron chi connectivity index (χ2n) is 20.0. The van der Waals surface area contributed by atoms with Crippen LogP contribution in [-0.4, -0.2) is 145 Å². The number of hydrogen-bond acceptors (Lipinski definition) is 12. The van der Waals surface area contributed by atoms with E-state index in [1.807, 2.05) is 66.7 Å². The predicted octanol–water partition coefficient (Wildman–Crippen LogP) is 6.47. The van der Waals surface area contributed by atoms with Gasteiger partial charge in [-0.1, -0.05) is 24.3 Å². The molecule has 1 unspecified atom stereocenters. The van der Waals surface area contributed by atoms with E-state index in [2.05, 4.69) is 39.6 Å². The van der Waals surface area contributed by atoms with Crippen LogP contribution in [0.15, 0.2) is 79.1 Å². The minimum Gasteiger partial charge on any atom is -0.457 e. The third kappa shape index (κ3) is 9.12. The number of hydrogen-bond donors (Lipinski definition) is 2. The highest BCUT2D eigenvalue weighted by Crippen LogP contribution is 2.38. The van der Waals surface area contributed by atoms with Crippen LogP contribution in [0.3, 0.4) is 0 Å². The molecule has 0 bridgehead atoms. The molecule has 364 valence electrons. The summed E-state index contributed by atoms with van der Waals surface area (Å²) in [4.78, 5) is 83.8. The molecule has 70 heavy (non-hydrogen) atoms.